The third-order valence-electron chi connectivity index (χ3n) is 8.31. The van der Waals surface area contributed by atoms with Crippen LogP contribution in [0.5, 0.6) is 0 Å². The fourth-order valence-electron chi connectivity index (χ4n) is 6.77. The summed E-state index contributed by atoms with van der Waals surface area (Å²) in [6, 6.07) is 1.31. The van der Waals surface area contributed by atoms with Gasteiger partial charge in [0.2, 0.25) is 11.8 Å². The largest absolute Gasteiger partial charge is 0.340 e. The molecule has 2 aliphatic carbocycles. The van der Waals surface area contributed by atoms with Gasteiger partial charge in [0.15, 0.2) is 0 Å². The molecule has 0 aromatic heterocycles. The smallest absolute Gasteiger partial charge is 0.241 e. The minimum atomic E-state index is 0.00659. The van der Waals surface area contributed by atoms with Gasteiger partial charge in [-0.25, -0.2) is 5.01 Å². The Morgan fingerprint density at radius 1 is 1.00 bits per heavy atom. The number of hydrazine groups is 1. The van der Waals surface area contributed by atoms with Gasteiger partial charge in [0, 0.05) is 63.3 Å². The monoisotopic (exact) mass is 403 g/mol. The normalized spacial score (nSPS) is 37.1. The zero-order chi connectivity index (χ0) is 20.0. The number of hydrogen-bond acceptors (Lipinski definition) is 5. The zero-order valence-corrected chi connectivity index (χ0v) is 17.9. The fourth-order valence-corrected chi connectivity index (χ4v) is 6.77. The average molecular weight is 404 g/mol. The van der Waals surface area contributed by atoms with Crippen molar-refractivity contribution < 1.29 is 9.59 Å². The van der Waals surface area contributed by atoms with Crippen molar-refractivity contribution >= 4 is 11.8 Å². The van der Waals surface area contributed by atoms with Crippen LogP contribution in [0.2, 0.25) is 0 Å². The minimum absolute atomic E-state index is 0.00659. The lowest BCUT2D eigenvalue weighted by Crippen LogP contribution is -2.68. The first kappa shape index (κ1) is 19.8. The molecule has 7 nitrogen and oxygen atoms in total. The van der Waals surface area contributed by atoms with Crippen LogP contribution in [0.15, 0.2) is 0 Å². The highest BCUT2D eigenvalue weighted by Gasteiger charge is 2.51. The second-order valence-corrected chi connectivity index (χ2v) is 9.69. The number of hydrogen-bond donors (Lipinski definition) is 1. The van der Waals surface area contributed by atoms with E-state index in [1.54, 1.807) is 0 Å². The summed E-state index contributed by atoms with van der Waals surface area (Å²) in [6.45, 7) is 7.57. The van der Waals surface area contributed by atoms with E-state index in [1.165, 1.54) is 25.7 Å². The quantitative estimate of drug-likeness (QED) is 0.763. The van der Waals surface area contributed by atoms with Gasteiger partial charge in [-0.1, -0.05) is 12.8 Å². The fraction of sp³-hybridized carbons (Fsp3) is 0.909. The van der Waals surface area contributed by atoms with Crippen LogP contribution in [-0.2, 0) is 9.59 Å². The maximum Gasteiger partial charge on any atom is 0.241 e. The Balaban J connectivity index is 1.22. The number of nitrogens with zero attached hydrogens (tertiary/aromatic N) is 4. The number of carbonyl (C=O) groups excluding carboxylic acids is 2. The SMILES string of the molecule is CCN1C(=O)C2CCNN2C2CCC(C(=O)N3CCN(C4CCCC4)CC3)CC21. The second kappa shape index (κ2) is 8.16. The van der Waals surface area contributed by atoms with Crippen molar-refractivity contribution in [3.8, 4) is 0 Å². The molecule has 0 aromatic rings. The molecular weight excluding hydrogens is 366 g/mol. The summed E-state index contributed by atoms with van der Waals surface area (Å²) in [6.07, 6.45) is 9.12. The van der Waals surface area contributed by atoms with Crippen molar-refractivity contribution in [3.63, 3.8) is 0 Å². The Labute approximate surface area is 174 Å². The Kier molecular flexibility index (Phi) is 5.56. The lowest BCUT2D eigenvalue weighted by atomic mass is 9.78. The average Bonchev–Trinajstić information content (AvgIpc) is 3.46. The number of fused-ring (bicyclic) bond motifs is 3. The number of carbonyl (C=O) groups is 2. The number of piperazine rings is 2. The summed E-state index contributed by atoms with van der Waals surface area (Å²) in [5, 5.41) is 2.24. The number of amides is 2. The van der Waals surface area contributed by atoms with Gasteiger partial charge in [-0.3, -0.25) is 19.9 Å². The topological polar surface area (TPSA) is 59.1 Å². The molecular formula is C22H37N5O2. The molecule has 3 aliphatic heterocycles. The zero-order valence-electron chi connectivity index (χ0n) is 17.9. The number of nitrogens with one attached hydrogen (secondary N) is 1. The van der Waals surface area contributed by atoms with E-state index < -0.39 is 0 Å². The standard InChI is InChI=1S/C22H37N5O2/c1-2-26-20-15-16(7-8-18(20)27-19(22(26)29)9-10-23-27)21(28)25-13-11-24(12-14-25)17-5-3-4-6-17/h16-20,23H,2-15H2,1H3. The van der Waals surface area contributed by atoms with E-state index in [-0.39, 0.29) is 23.9 Å². The van der Waals surface area contributed by atoms with Crippen LogP contribution in [0.25, 0.3) is 0 Å². The van der Waals surface area contributed by atoms with Crippen molar-refractivity contribution in [2.75, 3.05) is 39.3 Å². The number of likely N-dealkylation sites (N-methyl/N-ethyl adjacent to an activating group) is 1. The number of rotatable bonds is 3. The third-order valence-corrected chi connectivity index (χ3v) is 8.31. The van der Waals surface area contributed by atoms with Crippen molar-refractivity contribution in [2.24, 2.45) is 5.92 Å². The maximum atomic E-state index is 13.3. The van der Waals surface area contributed by atoms with Gasteiger partial charge in [-0.15, -0.1) is 0 Å². The Hall–Kier alpha value is -1.18. The first-order valence-corrected chi connectivity index (χ1v) is 12.0. The molecule has 29 heavy (non-hydrogen) atoms. The van der Waals surface area contributed by atoms with E-state index >= 15 is 0 Å². The van der Waals surface area contributed by atoms with Crippen molar-refractivity contribution in [1.29, 1.82) is 0 Å². The van der Waals surface area contributed by atoms with E-state index in [0.29, 0.717) is 11.9 Å². The molecule has 0 bridgehead atoms. The van der Waals surface area contributed by atoms with E-state index in [2.05, 4.69) is 32.1 Å². The molecule has 5 fully saturated rings. The van der Waals surface area contributed by atoms with E-state index in [0.717, 1.165) is 71.0 Å². The minimum Gasteiger partial charge on any atom is -0.340 e. The van der Waals surface area contributed by atoms with E-state index in [9.17, 15) is 9.59 Å². The van der Waals surface area contributed by atoms with Crippen LogP contribution in [0.4, 0.5) is 0 Å². The molecule has 0 spiro atoms. The Morgan fingerprint density at radius 2 is 1.76 bits per heavy atom. The Bertz CT molecular complexity index is 629. The van der Waals surface area contributed by atoms with E-state index in [1.807, 2.05) is 0 Å². The van der Waals surface area contributed by atoms with E-state index in [4.69, 9.17) is 0 Å². The highest BCUT2D eigenvalue weighted by molar-refractivity contribution is 5.84. The molecule has 4 atom stereocenters. The summed E-state index contributed by atoms with van der Waals surface area (Å²) >= 11 is 0. The van der Waals surface area contributed by atoms with Gasteiger partial charge in [0.1, 0.15) is 6.04 Å². The molecule has 0 aromatic carbocycles. The lowest BCUT2D eigenvalue weighted by molar-refractivity contribution is -0.157. The third kappa shape index (κ3) is 3.49. The summed E-state index contributed by atoms with van der Waals surface area (Å²) in [5.74, 6) is 0.682. The summed E-state index contributed by atoms with van der Waals surface area (Å²) in [7, 11) is 0. The lowest BCUT2D eigenvalue weighted by Gasteiger charge is -2.52. The van der Waals surface area contributed by atoms with Crippen LogP contribution in [0.3, 0.4) is 0 Å². The van der Waals surface area contributed by atoms with Gasteiger partial charge < -0.3 is 9.80 Å². The van der Waals surface area contributed by atoms with Crippen LogP contribution in [-0.4, -0.2) is 95.0 Å². The van der Waals surface area contributed by atoms with Crippen LogP contribution >= 0.6 is 0 Å². The van der Waals surface area contributed by atoms with Crippen molar-refractivity contribution in [2.45, 2.75) is 82.5 Å². The van der Waals surface area contributed by atoms with Crippen LogP contribution in [0, 0.1) is 5.92 Å². The molecule has 4 unspecified atom stereocenters. The predicted octanol–water partition coefficient (Wildman–Crippen LogP) is 1.05. The molecule has 5 rings (SSSR count). The molecule has 3 heterocycles. The summed E-state index contributed by atoms with van der Waals surface area (Å²) < 4.78 is 0. The van der Waals surface area contributed by atoms with Crippen LogP contribution in [0.1, 0.15) is 58.3 Å². The molecule has 3 saturated heterocycles. The second-order valence-electron chi connectivity index (χ2n) is 9.69. The molecule has 1 N–H and O–H groups in total. The van der Waals surface area contributed by atoms with Crippen molar-refractivity contribution in [3.05, 3.63) is 0 Å². The molecule has 2 amide bonds. The van der Waals surface area contributed by atoms with Gasteiger partial charge in [0.05, 0.1) is 0 Å². The first-order chi connectivity index (χ1) is 14.2. The van der Waals surface area contributed by atoms with Crippen molar-refractivity contribution in [1.82, 2.24) is 25.1 Å². The van der Waals surface area contributed by atoms with Gasteiger partial charge in [-0.05, 0) is 45.4 Å². The summed E-state index contributed by atoms with van der Waals surface area (Å²) in [4.78, 5) is 33.1. The highest BCUT2D eigenvalue weighted by Crippen LogP contribution is 2.38. The maximum absolute atomic E-state index is 13.3. The highest BCUT2D eigenvalue weighted by atomic mass is 16.2. The van der Waals surface area contributed by atoms with Gasteiger partial charge in [-0.2, -0.15) is 0 Å². The molecule has 7 heteroatoms. The molecule has 162 valence electrons. The molecule has 2 saturated carbocycles. The van der Waals surface area contributed by atoms with Gasteiger partial charge >= 0.3 is 0 Å². The van der Waals surface area contributed by atoms with Crippen LogP contribution < -0.4 is 5.43 Å². The Morgan fingerprint density at radius 3 is 2.48 bits per heavy atom. The summed E-state index contributed by atoms with van der Waals surface area (Å²) in [5.41, 5.74) is 3.46. The van der Waals surface area contributed by atoms with Gasteiger partial charge in [0.25, 0.3) is 0 Å². The predicted molar refractivity (Wildman–Crippen MR) is 111 cm³/mol. The molecule has 5 aliphatic rings. The first-order valence-electron chi connectivity index (χ1n) is 12.0. The molecule has 0 radical (unpaired) electrons.